The number of rotatable bonds is 7. The minimum absolute atomic E-state index is 0.150. The fraction of sp³-hybridized carbons (Fsp3) is 0.190. The topological polar surface area (TPSA) is 41.6 Å². The number of amides is 1. The molecule has 1 N–H and O–H groups in total. The zero-order chi connectivity index (χ0) is 18.4. The van der Waals surface area contributed by atoms with E-state index in [-0.39, 0.29) is 5.91 Å². The highest BCUT2D eigenvalue weighted by atomic mass is 32.1. The van der Waals surface area contributed by atoms with Crippen LogP contribution in [0.4, 0.5) is 11.4 Å². The number of nitrogens with one attached hydrogen (secondary N) is 1. The molecule has 0 fully saturated rings. The second-order valence-electron chi connectivity index (χ2n) is 5.91. The maximum Gasteiger partial charge on any atom is 0.255 e. The second kappa shape index (κ2) is 8.54. The van der Waals surface area contributed by atoms with E-state index in [9.17, 15) is 4.79 Å². The van der Waals surface area contributed by atoms with Gasteiger partial charge in [0.25, 0.3) is 5.91 Å². The van der Waals surface area contributed by atoms with Gasteiger partial charge in [0.2, 0.25) is 0 Å². The van der Waals surface area contributed by atoms with Crippen molar-refractivity contribution in [3.63, 3.8) is 0 Å². The highest BCUT2D eigenvalue weighted by Crippen LogP contribution is 2.21. The monoisotopic (exact) mass is 366 g/mol. The largest absolute Gasteiger partial charge is 0.488 e. The van der Waals surface area contributed by atoms with Crippen LogP contribution in [-0.4, -0.2) is 19.5 Å². The zero-order valence-electron chi connectivity index (χ0n) is 14.9. The van der Waals surface area contributed by atoms with E-state index >= 15 is 0 Å². The van der Waals surface area contributed by atoms with E-state index in [0.717, 1.165) is 22.8 Å². The molecule has 0 bridgehead atoms. The van der Waals surface area contributed by atoms with Gasteiger partial charge in [-0.15, -0.1) is 11.3 Å². The summed E-state index contributed by atoms with van der Waals surface area (Å²) in [4.78, 5) is 15.8. The summed E-state index contributed by atoms with van der Waals surface area (Å²) in [6.07, 6.45) is 0. The number of carbonyl (C=O) groups excluding carboxylic acids is 1. The highest BCUT2D eigenvalue weighted by molar-refractivity contribution is 7.09. The molecule has 3 rings (SSSR count). The molecule has 0 aliphatic heterocycles. The smallest absolute Gasteiger partial charge is 0.255 e. The van der Waals surface area contributed by atoms with Crippen LogP contribution in [0.25, 0.3) is 0 Å². The van der Waals surface area contributed by atoms with Crippen molar-refractivity contribution in [3.8, 4) is 5.75 Å². The number of carbonyl (C=O) groups is 1. The summed E-state index contributed by atoms with van der Waals surface area (Å²) >= 11 is 1.65. The zero-order valence-corrected chi connectivity index (χ0v) is 15.8. The van der Waals surface area contributed by atoms with E-state index in [1.165, 1.54) is 0 Å². The first-order valence-electron chi connectivity index (χ1n) is 8.53. The molecule has 1 amide bonds. The molecule has 26 heavy (non-hydrogen) atoms. The van der Waals surface area contributed by atoms with Gasteiger partial charge in [0.05, 0.1) is 0 Å². The van der Waals surface area contributed by atoms with Gasteiger partial charge in [-0.3, -0.25) is 4.79 Å². The average molecular weight is 366 g/mol. The number of ether oxygens (including phenoxy) is 1. The molecule has 1 heterocycles. The van der Waals surface area contributed by atoms with Crippen LogP contribution in [0.15, 0.2) is 66.0 Å². The summed E-state index contributed by atoms with van der Waals surface area (Å²) in [5.74, 6) is 0.536. The number of hydrogen-bond acceptors (Lipinski definition) is 4. The third-order valence-electron chi connectivity index (χ3n) is 4.08. The molecule has 0 atom stereocenters. The van der Waals surface area contributed by atoms with Crippen LogP contribution in [0.3, 0.4) is 0 Å². The summed E-state index contributed by atoms with van der Waals surface area (Å²) in [6.45, 7) is 3.50. The summed E-state index contributed by atoms with van der Waals surface area (Å²) in [5.41, 5.74) is 2.42. The van der Waals surface area contributed by atoms with Crippen LogP contribution in [0, 0.1) is 0 Å². The van der Waals surface area contributed by atoms with Gasteiger partial charge >= 0.3 is 0 Å². The van der Waals surface area contributed by atoms with Crippen molar-refractivity contribution >= 4 is 28.6 Å². The Bertz CT molecular complexity index is 862. The van der Waals surface area contributed by atoms with Crippen molar-refractivity contribution < 1.29 is 9.53 Å². The fourth-order valence-corrected chi connectivity index (χ4v) is 3.10. The van der Waals surface area contributed by atoms with Gasteiger partial charge < -0.3 is 15.0 Å². The number of benzene rings is 2. The molecule has 0 aliphatic rings. The molecule has 3 aromatic rings. The van der Waals surface area contributed by atoms with Crippen molar-refractivity contribution in [3.05, 3.63) is 76.5 Å². The van der Waals surface area contributed by atoms with E-state index < -0.39 is 0 Å². The average Bonchev–Trinajstić information content (AvgIpc) is 3.20. The van der Waals surface area contributed by atoms with Crippen molar-refractivity contribution in [2.24, 2.45) is 0 Å². The molecule has 2 aromatic carbocycles. The van der Waals surface area contributed by atoms with Gasteiger partial charge in [-0.2, -0.15) is 0 Å². The molecule has 0 spiro atoms. The molecule has 0 radical (unpaired) electrons. The lowest BCUT2D eigenvalue weighted by Gasteiger charge is -2.17. The first-order valence-corrected chi connectivity index (χ1v) is 9.41. The highest BCUT2D eigenvalue weighted by Gasteiger charge is 2.09. The Morgan fingerprint density at radius 2 is 1.96 bits per heavy atom. The molecule has 0 aliphatic carbocycles. The quantitative estimate of drug-likeness (QED) is 0.637. The molecule has 134 valence electrons. The molecule has 4 nitrogen and oxygen atoms in total. The van der Waals surface area contributed by atoms with Crippen LogP contribution in [-0.2, 0) is 6.61 Å². The molecule has 1 aromatic heterocycles. The predicted molar refractivity (Wildman–Crippen MR) is 108 cm³/mol. The van der Waals surface area contributed by atoms with Gasteiger partial charge in [0.1, 0.15) is 12.4 Å². The summed E-state index contributed by atoms with van der Waals surface area (Å²) < 4.78 is 5.78. The summed E-state index contributed by atoms with van der Waals surface area (Å²) in [7, 11) is 2.02. The molecular weight excluding hydrogens is 344 g/mol. The maximum absolute atomic E-state index is 12.6. The Morgan fingerprint density at radius 3 is 2.73 bits per heavy atom. The standard InChI is InChI=1S/C21H22N2O2S/c1-3-23(2)18-9-5-8-17(14-18)22-21(24)16-7-4-10-19(13-16)25-15-20-11-6-12-26-20/h4-14H,3,15H2,1-2H3,(H,22,24). The van der Waals surface area contributed by atoms with Crippen LogP contribution < -0.4 is 15.0 Å². The summed E-state index contributed by atoms with van der Waals surface area (Å²) in [5, 5.41) is 4.98. The Morgan fingerprint density at radius 1 is 1.12 bits per heavy atom. The molecule has 0 saturated heterocycles. The third-order valence-corrected chi connectivity index (χ3v) is 4.93. The van der Waals surface area contributed by atoms with Gasteiger partial charge in [-0.05, 0) is 54.8 Å². The second-order valence-corrected chi connectivity index (χ2v) is 6.95. The Balaban J connectivity index is 1.67. The SMILES string of the molecule is CCN(C)c1cccc(NC(=O)c2cccc(OCc3cccs3)c2)c1. The Labute approximate surface area is 158 Å². The van der Waals surface area contributed by atoms with Gasteiger partial charge in [-0.1, -0.05) is 18.2 Å². The maximum atomic E-state index is 12.6. The lowest BCUT2D eigenvalue weighted by Crippen LogP contribution is -2.16. The van der Waals surface area contributed by atoms with Crippen molar-refractivity contribution in [2.75, 3.05) is 23.8 Å². The van der Waals surface area contributed by atoms with Crippen LogP contribution in [0.1, 0.15) is 22.2 Å². The normalized spacial score (nSPS) is 10.4. The Hall–Kier alpha value is -2.79. The van der Waals surface area contributed by atoms with Gasteiger partial charge in [-0.25, -0.2) is 0 Å². The van der Waals surface area contributed by atoms with Crippen molar-refractivity contribution in [1.82, 2.24) is 0 Å². The van der Waals surface area contributed by atoms with E-state index in [4.69, 9.17) is 4.74 Å². The van der Waals surface area contributed by atoms with Gasteiger partial charge in [0.15, 0.2) is 0 Å². The van der Waals surface area contributed by atoms with Crippen LogP contribution >= 0.6 is 11.3 Å². The van der Waals surface area contributed by atoms with E-state index in [0.29, 0.717) is 17.9 Å². The fourth-order valence-electron chi connectivity index (χ4n) is 2.48. The van der Waals surface area contributed by atoms with Gasteiger partial charge in [0, 0.05) is 35.4 Å². The third kappa shape index (κ3) is 4.64. The Kier molecular flexibility index (Phi) is 5.92. The minimum Gasteiger partial charge on any atom is -0.488 e. The first-order chi connectivity index (χ1) is 12.7. The molecule has 0 saturated carbocycles. The summed E-state index contributed by atoms with van der Waals surface area (Å²) in [6, 6.07) is 19.1. The van der Waals surface area contributed by atoms with Crippen molar-refractivity contribution in [2.45, 2.75) is 13.5 Å². The lowest BCUT2D eigenvalue weighted by molar-refractivity contribution is 0.102. The van der Waals surface area contributed by atoms with E-state index in [2.05, 4.69) is 17.1 Å². The molecule has 5 heteroatoms. The number of anilines is 2. The molecule has 0 unspecified atom stereocenters. The van der Waals surface area contributed by atoms with Crippen LogP contribution in [0.5, 0.6) is 5.75 Å². The lowest BCUT2D eigenvalue weighted by atomic mass is 10.2. The first kappa shape index (κ1) is 18.0. The minimum atomic E-state index is -0.150. The number of thiophene rings is 1. The molecular formula is C21H22N2O2S. The van der Waals surface area contributed by atoms with E-state index in [1.807, 2.05) is 61.0 Å². The van der Waals surface area contributed by atoms with E-state index in [1.54, 1.807) is 23.5 Å². The predicted octanol–water partition coefficient (Wildman–Crippen LogP) is 5.04. The van der Waals surface area contributed by atoms with Crippen molar-refractivity contribution in [1.29, 1.82) is 0 Å². The van der Waals surface area contributed by atoms with Crippen LogP contribution in [0.2, 0.25) is 0 Å². The number of nitrogens with zero attached hydrogens (tertiary/aromatic N) is 1. The number of hydrogen-bond donors (Lipinski definition) is 1.